The number of carbonyl (C=O) groups excluding carboxylic acids is 2. The number of nitrogens with zero attached hydrogens (tertiary/aromatic N) is 1. The van der Waals surface area contributed by atoms with Crippen LogP contribution in [0.3, 0.4) is 0 Å². The Labute approximate surface area is 257 Å². The molecule has 0 saturated heterocycles. The number of benzene rings is 4. The fourth-order valence-electron chi connectivity index (χ4n) is 4.37. The zero-order valence-electron chi connectivity index (χ0n) is 21.8. The van der Waals surface area contributed by atoms with E-state index in [9.17, 15) is 9.59 Å². The van der Waals surface area contributed by atoms with E-state index in [0.717, 1.165) is 19.9 Å². The van der Waals surface area contributed by atoms with E-state index < -0.39 is 11.9 Å². The van der Waals surface area contributed by atoms with E-state index in [1.165, 1.54) is 6.21 Å². The van der Waals surface area contributed by atoms with Crippen molar-refractivity contribution in [2.75, 3.05) is 7.11 Å². The van der Waals surface area contributed by atoms with Crippen LogP contribution in [0.4, 0.5) is 0 Å². The van der Waals surface area contributed by atoms with E-state index in [4.69, 9.17) is 21.1 Å². The van der Waals surface area contributed by atoms with E-state index in [0.29, 0.717) is 38.5 Å². The molecule has 0 aliphatic heterocycles. The molecule has 4 aromatic carbocycles. The SMILES string of the molecule is COc1ccc(Br)c2c(-c3ccccc3Cl)c(C(=O)NN=Cc3cc(Br)ccc3OC(=O)c3cccc(C)c3)[nH]c12. The average molecular weight is 696 g/mol. The number of carbonyl (C=O) groups is 2. The number of aromatic nitrogens is 1. The van der Waals surface area contributed by atoms with Crippen molar-refractivity contribution in [1.29, 1.82) is 0 Å². The summed E-state index contributed by atoms with van der Waals surface area (Å²) in [5, 5.41) is 5.39. The number of methoxy groups -OCH3 is 1. The van der Waals surface area contributed by atoms with Gasteiger partial charge in [-0.15, -0.1) is 0 Å². The van der Waals surface area contributed by atoms with Crippen molar-refractivity contribution in [2.24, 2.45) is 5.10 Å². The van der Waals surface area contributed by atoms with Crippen molar-refractivity contribution in [3.05, 3.63) is 115 Å². The first kappa shape index (κ1) is 28.6. The Hall–Kier alpha value is -3.92. The Balaban J connectivity index is 1.48. The number of amides is 1. The van der Waals surface area contributed by atoms with Crippen molar-refractivity contribution in [3.8, 4) is 22.6 Å². The molecule has 5 rings (SSSR count). The number of hydrogen-bond acceptors (Lipinski definition) is 5. The summed E-state index contributed by atoms with van der Waals surface area (Å²) in [6.07, 6.45) is 1.41. The normalized spacial score (nSPS) is 11.1. The quantitative estimate of drug-likeness (QED) is 0.0776. The number of hydrazone groups is 1. The van der Waals surface area contributed by atoms with Gasteiger partial charge in [-0.05, 0) is 55.5 Å². The van der Waals surface area contributed by atoms with Crippen LogP contribution in [0.25, 0.3) is 22.0 Å². The molecule has 0 unspecified atom stereocenters. The van der Waals surface area contributed by atoms with Gasteiger partial charge in [-0.2, -0.15) is 5.10 Å². The summed E-state index contributed by atoms with van der Waals surface area (Å²) in [6, 6.07) is 23.2. The maximum atomic E-state index is 13.5. The molecule has 0 saturated carbocycles. The first-order valence-electron chi connectivity index (χ1n) is 12.3. The Morgan fingerprint density at radius 1 is 0.976 bits per heavy atom. The number of halogens is 3. The van der Waals surface area contributed by atoms with Crippen LogP contribution in [0, 0.1) is 6.92 Å². The van der Waals surface area contributed by atoms with Gasteiger partial charge in [0.1, 0.15) is 17.2 Å². The smallest absolute Gasteiger partial charge is 0.343 e. The summed E-state index contributed by atoms with van der Waals surface area (Å²) >= 11 is 13.6. The van der Waals surface area contributed by atoms with Crippen molar-refractivity contribution < 1.29 is 19.1 Å². The van der Waals surface area contributed by atoms with Gasteiger partial charge in [-0.25, -0.2) is 10.2 Å². The molecule has 41 heavy (non-hydrogen) atoms. The average Bonchev–Trinajstić information content (AvgIpc) is 3.36. The number of ether oxygens (including phenoxy) is 2. The number of rotatable bonds is 7. The van der Waals surface area contributed by atoms with E-state index in [1.807, 2.05) is 37.3 Å². The van der Waals surface area contributed by atoms with Crippen LogP contribution in [0.1, 0.15) is 32.0 Å². The third kappa shape index (κ3) is 6.07. The second-order valence-electron chi connectivity index (χ2n) is 8.99. The van der Waals surface area contributed by atoms with E-state index >= 15 is 0 Å². The minimum Gasteiger partial charge on any atom is -0.495 e. The molecule has 0 aliphatic rings. The number of H-pyrrole nitrogens is 1. The fourth-order valence-corrected chi connectivity index (χ4v) is 5.51. The summed E-state index contributed by atoms with van der Waals surface area (Å²) in [5.74, 6) is -0.159. The first-order chi connectivity index (χ1) is 19.8. The molecule has 1 amide bonds. The lowest BCUT2D eigenvalue weighted by Gasteiger charge is -2.09. The van der Waals surface area contributed by atoms with Gasteiger partial charge in [-0.3, -0.25) is 4.79 Å². The second kappa shape index (κ2) is 12.3. The number of hydrogen-bond donors (Lipinski definition) is 2. The zero-order chi connectivity index (χ0) is 29.1. The molecule has 0 atom stereocenters. The molecule has 0 radical (unpaired) electrons. The van der Waals surface area contributed by atoms with Crippen LogP contribution in [0.15, 0.2) is 92.9 Å². The molecular formula is C31H22Br2ClN3O4. The van der Waals surface area contributed by atoms with E-state index in [1.54, 1.807) is 55.6 Å². The second-order valence-corrected chi connectivity index (χ2v) is 11.2. The lowest BCUT2D eigenvalue weighted by molar-refractivity contribution is 0.0734. The minimum atomic E-state index is -0.505. The lowest BCUT2D eigenvalue weighted by atomic mass is 10.0. The highest BCUT2D eigenvalue weighted by Gasteiger charge is 2.24. The zero-order valence-corrected chi connectivity index (χ0v) is 25.7. The summed E-state index contributed by atoms with van der Waals surface area (Å²) in [7, 11) is 1.56. The molecule has 7 nitrogen and oxygen atoms in total. The van der Waals surface area contributed by atoms with Crippen LogP contribution in [0.2, 0.25) is 5.02 Å². The van der Waals surface area contributed by atoms with Crippen molar-refractivity contribution in [2.45, 2.75) is 6.92 Å². The van der Waals surface area contributed by atoms with Gasteiger partial charge in [0.25, 0.3) is 5.91 Å². The molecule has 0 bridgehead atoms. The molecule has 206 valence electrons. The summed E-state index contributed by atoms with van der Waals surface area (Å²) < 4.78 is 12.7. The van der Waals surface area contributed by atoms with Gasteiger partial charge < -0.3 is 14.5 Å². The Morgan fingerprint density at radius 3 is 2.51 bits per heavy atom. The highest BCUT2D eigenvalue weighted by atomic mass is 79.9. The number of nitrogens with one attached hydrogen (secondary N) is 2. The molecule has 2 N–H and O–H groups in total. The molecule has 0 spiro atoms. The largest absolute Gasteiger partial charge is 0.495 e. The standard InChI is InChI=1S/C31H22Br2ClN3O4/c1-17-6-5-7-18(14-17)31(39)41-24-12-10-20(32)15-19(24)16-35-37-30(38)29-26(21-8-3-4-9-23(21)34)27-22(33)11-13-25(40-2)28(27)36-29/h3-16,36H,1-2H3,(H,37,38). The van der Waals surface area contributed by atoms with Crippen LogP contribution in [0.5, 0.6) is 11.5 Å². The number of aryl methyl sites for hydroxylation is 1. The number of esters is 1. The minimum absolute atomic E-state index is 0.246. The number of fused-ring (bicyclic) bond motifs is 1. The molecule has 1 heterocycles. The Morgan fingerprint density at radius 2 is 1.76 bits per heavy atom. The molecular weight excluding hydrogens is 674 g/mol. The van der Waals surface area contributed by atoms with Crippen molar-refractivity contribution in [1.82, 2.24) is 10.4 Å². The third-order valence-electron chi connectivity index (χ3n) is 6.25. The van der Waals surface area contributed by atoms with Gasteiger partial charge in [0.05, 0.1) is 24.4 Å². The monoisotopic (exact) mass is 693 g/mol. The summed E-state index contributed by atoms with van der Waals surface area (Å²) in [5.41, 5.74) is 6.57. The van der Waals surface area contributed by atoms with Crippen LogP contribution >= 0.6 is 43.5 Å². The number of aromatic amines is 1. The van der Waals surface area contributed by atoms with E-state index in [-0.39, 0.29) is 11.4 Å². The van der Waals surface area contributed by atoms with Gasteiger partial charge in [0, 0.05) is 36.0 Å². The fraction of sp³-hybridized carbons (Fsp3) is 0.0645. The van der Waals surface area contributed by atoms with Gasteiger partial charge in [-0.1, -0.05) is 79.4 Å². The summed E-state index contributed by atoms with van der Waals surface area (Å²) in [6.45, 7) is 1.90. The van der Waals surface area contributed by atoms with Crippen molar-refractivity contribution >= 4 is 72.5 Å². The predicted molar refractivity (Wildman–Crippen MR) is 168 cm³/mol. The third-order valence-corrected chi connectivity index (χ3v) is 7.74. The lowest BCUT2D eigenvalue weighted by Crippen LogP contribution is -2.19. The molecule has 1 aromatic heterocycles. The predicted octanol–water partition coefficient (Wildman–Crippen LogP) is 8.31. The van der Waals surface area contributed by atoms with Gasteiger partial charge in [0.15, 0.2) is 0 Å². The highest BCUT2D eigenvalue weighted by Crippen LogP contribution is 2.43. The summed E-state index contributed by atoms with van der Waals surface area (Å²) in [4.78, 5) is 29.5. The maximum absolute atomic E-state index is 13.5. The Bertz CT molecular complexity index is 1830. The Kier molecular flexibility index (Phi) is 8.58. The molecule has 0 aliphatic carbocycles. The first-order valence-corrected chi connectivity index (χ1v) is 14.3. The van der Waals surface area contributed by atoms with Gasteiger partial charge in [0.2, 0.25) is 0 Å². The van der Waals surface area contributed by atoms with Crippen LogP contribution in [-0.4, -0.2) is 30.2 Å². The molecule has 0 fully saturated rings. The van der Waals surface area contributed by atoms with Crippen LogP contribution < -0.4 is 14.9 Å². The molecule has 5 aromatic rings. The topological polar surface area (TPSA) is 92.8 Å². The highest BCUT2D eigenvalue weighted by molar-refractivity contribution is 9.11. The van der Waals surface area contributed by atoms with Gasteiger partial charge >= 0.3 is 5.97 Å². The molecule has 10 heteroatoms. The van der Waals surface area contributed by atoms with Crippen molar-refractivity contribution in [3.63, 3.8) is 0 Å². The van der Waals surface area contributed by atoms with Crippen LogP contribution in [-0.2, 0) is 0 Å². The maximum Gasteiger partial charge on any atom is 0.343 e. The van der Waals surface area contributed by atoms with E-state index in [2.05, 4.69) is 47.4 Å².